The van der Waals surface area contributed by atoms with E-state index in [4.69, 9.17) is 19.9 Å². The van der Waals surface area contributed by atoms with Gasteiger partial charge in [0, 0.05) is 22.2 Å². The summed E-state index contributed by atoms with van der Waals surface area (Å²) in [6.45, 7) is 1.93. The molecule has 0 spiro atoms. The van der Waals surface area contributed by atoms with E-state index < -0.39 is 0 Å². The summed E-state index contributed by atoms with van der Waals surface area (Å²) in [6.07, 6.45) is 4.14. The summed E-state index contributed by atoms with van der Waals surface area (Å²) in [7, 11) is 1.60. The van der Waals surface area contributed by atoms with E-state index >= 15 is 0 Å². The minimum absolute atomic E-state index is 0.0994. The van der Waals surface area contributed by atoms with Gasteiger partial charge in [0.1, 0.15) is 27.0 Å². The molecule has 0 radical (unpaired) electrons. The Hall–Kier alpha value is -3.12. The highest BCUT2D eigenvalue weighted by Gasteiger charge is 2.27. The van der Waals surface area contributed by atoms with Gasteiger partial charge in [0.25, 0.3) is 0 Å². The van der Waals surface area contributed by atoms with E-state index in [1.165, 1.54) is 16.9 Å². The molecule has 5 rings (SSSR count). The first-order valence-electron chi connectivity index (χ1n) is 10.1. The van der Waals surface area contributed by atoms with Gasteiger partial charge in [0.15, 0.2) is 0 Å². The van der Waals surface area contributed by atoms with Crippen LogP contribution in [0.3, 0.4) is 0 Å². The van der Waals surface area contributed by atoms with Gasteiger partial charge in [-0.1, -0.05) is 0 Å². The first-order chi connectivity index (χ1) is 14.6. The molecule has 3 aromatic heterocycles. The predicted molar refractivity (Wildman–Crippen MR) is 120 cm³/mol. The van der Waals surface area contributed by atoms with E-state index in [2.05, 4.69) is 0 Å². The molecule has 1 aliphatic carbocycles. The van der Waals surface area contributed by atoms with Gasteiger partial charge in [-0.25, -0.2) is 4.98 Å². The highest BCUT2D eigenvalue weighted by Crippen LogP contribution is 2.44. The minimum atomic E-state index is -0.0994. The molecule has 0 atom stereocenters. The zero-order valence-electron chi connectivity index (χ0n) is 17.0. The number of thiophene rings is 1. The van der Waals surface area contributed by atoms with Crippen LogP contribution < -0.4 is 10.5 Å². The lowest BCUT2D eigenvalue weighted by Gasteiger charge is -2.18. The summed E-state index contributed by atoms with van der Waals surface area (Å²) in [6, 6.07) is 11.0. The molecule has 2 N–H and O–H groups in total. The smallest absolute Gasteiger partial charge is 0.205 e. The first-order valence-corrected chi connectivity index (χ1v) is 10.9. The van der Waals surface area contributed by atoms with Crippen LogP contribution in [-0.4, -0.2) is 17.9 Å². The molecule has 0 fully saturated rings. The number of nitrogens with two attached hydrogens (primary N) is 1. The molecule has 152 valence electrons. The Morgan fingerprint density at radius 2 is 1.90 bits per heavy atom. The largest absolute Gasteiger partial charge is 0.497 e. The number of aryl methyl sites for hydroxylation is 2. The number of carbonyl (C=O) groups excluding carboxylic acids is 1. The highest BCUT2D eigenvalue weighted by molar-refractivity contribution is 7.21. The maximum Gasteiger partial charge on any atom is 0.205 e. The Balaban J connectivity index is 1.72. The lowest BCUT2D eigenvalue weighted by molar-refractivity contribution is 0.104. The number of pyridine rings is 1. The molecule has 0 saturated heterocycles. The molecule has 0 saturated carbocycles. The van der Waals surface area contributed by atoms with Crippen LogP contribution in [0.1, 0.15) is 45.1 Å². The van der Waals surface area contributed by atoms with Gasteiger partial charge in [0.05, 0.1) is 12.8 Å². The Kier molecular flexibility index (Phi) is 4.59. The normalized spacial score (nSPS) is 13.4. The number of benzene rings is 1. The Bertz CT molecular complexity index is 1270. The number of methoxy groups -OCH3 is 1. The van der Waals surface area contributed by atoms with Gasteiger partial charge >= 0.3 is 0 Å². The summed E-state index contributed by atoms with van der Waals surface area (Å²) in [5.74, 6) is 2.26. The van der Waals surface area contributed by atoms with E-state index in [-0.39, 0.29) is 5.78 Å². The second kappa shape index (κ2) is 7.29. The monoisotopic (exact) mass is 418 g/mol. The van der Waals surface area contributed by atoms with E-state index in [1.807, 2.05) is 19.1 Å². The lowest BCUT2D eigenvalue weighted by atomic mass is 9.89. The molecule has 0 unspecified atom stereocenters. The van der Waals surface area contributed by atoms with E-state index in [0.29, 0.717) is 21.9 Å². The quantitative estimate of drug-likeness (QED) is 0.439. The summed E-state index contributed by atoms with van der Waals surface area (Å²) < 4.78 is 11.2. The fourth-order valence-electron chi connectivity index (χ4n) is 4.19. The number of ether oxygens (including phenoxy) is 1. The zero-order valence-corrected chi connectivity index (χ0v) is 17.8. The number of rotatable bonds is 4. The lowest BCUT2D eigenvalue weighted by Crippen LogP contribution is -2.08. The summed E-state index contributed by atoms with van der Waals surface area (Å²) in [5.41, 5.74) is 11.0. The number of aromatic nitrogens is 1. The molecule has 30 heavy (non-hydrogen) atoms. The summed E-state index contributed by atoms with van der Waals surface area (Å²) in [5, 5.41) is 0.840. The number of nitrogens with zero attached hydrogens (tertiary/aromatic N) is 1. The Morgan fingerprint density at radius 1 is 1.13 bits per heavy atom. The fraction of sp³-hybridized carbons (Fsp3) is 0.250. The molecule has 0 aliphatic heterocycles. The molecular weight excluding hydrogens is 396 g/mol. The van der Waals surface area contributed by atoms with Crippen molar-refractivity contribution in [1.82, 2.24) is 4.98 Å². The van der Waals surface area contributed by atoms with Crippen molar-refractivity contribution in [1.29, 1.82) is 0 Å². The average molecular weight is 419 g/mol. The first kappa shape index (κ1) is 18.9. The van der Waals surface area contributed by atoms with Crippen molar-refractivity contribution in [3.05, 3.63) is 63.9 Å². The van der Waals surface area contributed by atoms with Crippen molar-refractivity contribution >= 4 is 33.0 Å². The predicted octanol–water partition coefficient (Wildman–Crippen LogP) is 5.57. The second-order valence-corrected chi connectivity index (χ2v) is 8.61. The number of fused-ring (bicyclic) bond motifs is 2. The van der Waals surface area contributed by atoms with Crippen LogP contribution in [0.4, 0.5) is 5.69 Å². The molecule has 1 aliphatic rings. The molecule has 6 heteroatoms. The van der Waals surface area contributed by atoms with Crippen molar-refractivity contribution < 1.29 is 13.9 Å². The number of hydrogen-bond acceptors (Lipinski definition) is 6. The van der Waals surface area contributed by atoms with Gasteiger partial charge in [-0.15, -0.1) is 11.3 Å². The zero-order chi connectivity index (χ0) is 20.8. The van der Waals surface area contributed by atoms with Crippen LogP contribution >= 0.6 is 11.3 Å². The molecule has 4 aromatic rings. The van der Waals surface area contributed by atoms with Crippen molar-refractivity contribution in [2.75, 3.05) is 12.8 Å². The SMILES string of the molecule is COc1ccc(C(=O)c2sc3nc4c(c(-c5ccc(C)o5)c3c2N)CCCC4)cc1. The topological polar surface area (TPSA) is 78.3 Å². The number of anilines is 1. The van der Waals surface area contributed by atoms with Crippen molar-refractivity contribution in [3.63, 3.8) is 0 Å². The van der Waals surface area contributed by atoms with Gasteiger partial charge < -0.3 is 14.9 Å². The molecule has 0 amide bonds. The molecule has 3 heterocycles. The maximum absolute atomic E-state index is 13.2. The average Bonchev–Trinajstić information content (AvgIpc) is 3.35. The maximum atomic E-state index is 13.2. The summed E-state index contributed by atoms with van der Waals surface area (Å²) in [4.78, 5) is 19.5. The van der Waals surface area contributed by atoms with Gasteiger partial charge in [-0.05, 0) is 74.6 Å². The third kappa shape index (κ3) is 2.99. The number of carbonyl (C=O) groups is 1. The molecule has 1 aromatic carbocycles. The van der Waals surface area contributed by atoms with Crippen LogP contribution in [-0.2, 0) is 12.8 Å². The minimum Gasteiger partial charge on any atom is -0.497 e. The van der Waals surface area contributed by atoms with E-state index in [9.17, 15) is 4.79 Å². The van der Waals surface area contributed by atoms with Crippen molar-refractivity contribution in [2.24, 2.45) is 0 Å². The third-order valence-electron chi connectivity index (χ3n) is 5.70. The van der Waals surface area contributed by atoms with Crippen LogP contribution in [0.5, 0.6) is 5.75 Å². The van der Waals surface area contributed by atoms with Crippen LogP contribution in [0, 0.1) is 6.92 Å². The van der Waals surface area contributed by atoms with Gasteiger partial charge in [-0.3, -0.25) is 4.79 Å². The van der Waals surface area contributed by atoms with Gasteiger partial charge in [-0.2, -0.15) is 0 Å². The van der Waals surface area contributed by atoms with Crippen molar-refractivity contribution in [3.8, 4) is 17.1 Å². The number of hydrogen-bond donors (Lipinski definition) is 1. The van der Waals surface area contributed by atoms with Crippen LogP contribution in [0.25, 0.3) is 21.5 Å². The second-order valence-electron chi connectivity index (χ2n) is 7.61. The van der Waals surface area contributed by atoms with Gasteiger partial charge in [0.2, 0.25) is 5.78 Å². The van der Waals surface area contributed by atoms with Crippen LogP contribution in [0.15, 0.2) is 40.8 Å². The third-order valence-corrected chi connectivity index (χ3v) is 6.80. The van der Waals surface area contributed by atoms with E-state index in [0.717, 1.165) is 58.7 Å². The number of nitrogen functional groups attached to an aromatic ring is 1. The van der Waals surface area contributed by atoms with E-state index in [1.54, 1.807) is 31.4 Å². The number of ketones is 1. The standard InChI is InChI=1S/C24H22N2O3S/c1-13-7-12-18(29-13)19-16-5-3-4-6-17(16)26-24-20(19)21(25)23(30-24)22(27)14-8-10-15(28-2)11-9-14/h7-12H,3-6,25H2,1-2H3. The molecular formula is C24H22N2O3S. The van der Waals surface area contributed by atoms with Crippen molar-refractivity contribution in [2.45, 2.75) is 32.6 Å². The highest BCUT2D eigenvalue weighted by atomic mass is 32.1. The summed E-state index contributed by atoms with van der Waals surface area (Å²) >= 11 is 1.37. The van der Waals surface area contributed by atoms with Crippen LogP contribution in [0.2, 0.25) is 0 Å². The molecule has 5 nitrogen and oxygen atoms in total. The number of furan rings is 1. The Labute approximate surface area is 178 Å². The Morgan fingerprint density at radius 3 is 2.60 bits per heavy atom. The molecule has 0 bridgehead atoms. The fourth-order valence-corrected chi connectivity index (χ4v) is 5.28.